The highest BCUT2D eigenvalue weighted by Gasteiger charge is 2.25. The molecule has 2 rings (SSSR count). The van der Waals surface area contributed by atoms with Gasteiger partial charge < -0.3 is 15.7 Å². The van der Waals surface area contributed by atoms with Crippen LogP contribution in [0.4, 0.5) is 11.9 Å². The van der Waals surface area contributed by atoms with E-state index < -0.39 is 5.60 Å². The molecule has 1 saturated heterocycles. The molecule has 2 heterocycles. The van der Waals surface area contributed by atoms with Crippen LogP contribution < -0.4 is 10.6 Å². The minimum Gasteiger partial charge on any atom is -0.390 e. The number of aliphatic hydroxyl groups is 1. The van der Waals surface area contributed by atoms with Crippen LogP contribution in [0.25, 0.3) is 0 Å². The zero-order valence-electron chi connectivity index (χ0n) is 12.5. The first kappa shape index (κ1) is 14.9. The highest BCUT2D eigenvalue weighted by atomic mass is 16.3. The molecule has 1 aliphatic heterocycles. The van der Waals surface area contributed by atoms with Crippen molar-refractivity contribution in [2.45, 2.75) is 38.3 Å². The van der Waals surface area contributed by atoms with Gasteiger partial charge in [0.1, 0.15) is 5.82 Å². The van der Waals surface area contributed by atoms with Gasteiger partial charge in [0.25, 0.3) is 0 Å². The number of anilines is 2. The third-order valence-corrected chi connectivity index (χ3v) is 3.61. The Morgan fingerprint density at radius 1 is 1.25 bits per heavy atom. The summed E-state index contributed by atoms with van der Waals surface area (Å²) >= 11 is 0. The summed E-state index contributed by atoms with van der Waals surface area (Å²) in [6, 6.07) is 0. The quantitative estimate of drug-likeness (QED) is 0.820. The lowest BCUT2D eigenvalue weighted by atomic mass is 9.98. The Bertz CT molecular complexity index is 462. The number of likely N-dealkylation sites (tertiary alicyclic amines) is 1. The summed E-state index contributed by atoms with van der Waals surface area (Å²) in [5, 5.41) is 10.1. The van der Waals surface area contributed by atoms with Gasteiger partial charge in [-0.25, -0.2) is 0 Å². The molecule has 0 radical (unpaired) electrons. The third-order valence-electron chi connectivity index (χ3n) is 3.61. The maximum absolute atomic E-state index is 10.1. The molecule has 1 aromatic rings. The topological polar surface area (TPSA) is 91.4 Å². The van der Waals surface area contributed by atoms with Gasteiger partial charge in [0.2, 0.25) is 11.9 Å². The van der Waals surface area contributed by atoms with Gasteiger partial charge in [-0.1, -0.05) is 0 Å². The molecule has 112 valence electrons. The summed E-state index contributed by atoms with van der Waals surface area (Å²) in [6.45, 7) is 4.33. The zero-order chi connectivity index (χ0) is 14.8. The standard InChI is InChI=1S/C13H24N6O/c1-13(20)5-4-7-19(8-6-13)9-10-15-11(14)17-12(16-10)18(2)3/h20H,4-9H2,1-3H3,(H2,14,15,16,17). The third kappa shape index (κ3) is 4.01. The number of nitrogens with two attached hydrogens (primary N) is 1. The first-order chi connectivity index (χ1) is 9.35. The van der Waals surface area contributed by atoms with Crippen molar-refractivity contribution < 1.29 is 5.11 Å². The predicted octanol–water partition coefficient (Wildman–Crippen LogP) is 0.257. The SMILES string of the molecule is CN(C)c1nc(N)nc(CN2CCCC(C)(O)CC2)n1. The zero-order valence-corrected chi connectivity index (χ0v) is 12.5. The fourth-order valence-corrected chi connectivity index (χ4v) is 2.37. The normalized spacial score (nSPS) is 24.4. The van der Waals surface area contributed by atoms with Crippen molar-refractivity contribution >= 4 is 11.9 Å². The minimum absolute atomic E-state index is 0.250. The average Bonchev–Trinajstić information content (AvgIpc) is 2.50. The van der Waals surface area contributed by atoms with Crippen molar-refractivity contribution in [1.29, 1.82) is 0 Å². The van der Waals surface area contributed by atoms with Gasteiger partial charge >= 0.3 is 0 Å². The van der Waals surface area contributed by atoms with Crippen LogP contribution in [0.5, 0.6) is 0 Å². The molecule has 0 saturated carbocycles. The van der Waals surface area contributed by atoms with Crippen molar-refractivity contribution in [3.63, 3.8) is 0 Å². The fourth-order valence-electron chi connectivity index (χ4n) is 2.37. The molecule has 1 aromatic heterocycles. The number of hydrogen-bond acceptors (Lipinski definition) is 7. The van der Waals surface area contributed by atoms with E-state index in [0.717, 1.165) is 32.4 Å². The van der Waals surface area contributed by atoms with Crippen LogP contribution in [-0.4, -0.2) is 57.7 Å². The first-order valence-electron chi connectivity index (χ1n) is 6.98. The molecule has 0 spiro atoms. The lowest BCUT2D eigenvalue weighted by Gasteiger charge is -2.22. The molecular formula is C13H24N6O. The summed E-state index contributed by atoms with van der Waals surface area (Å²) in [5.74, 6) is 1.51. The second kappa shape index (κ2) is 5.88. The van der Waals surface area contributed by atoms with Gasteiger partial charge in [-0.05, 0) is 32.7 Å². The van der Waals surface area contributed by atoms with Crippen LogP contribution in [0.1, 0.15) is 32.0 Å². The monoisotopic (exact) mass is 280 g/mol. The van der Waals surface area contributed by atoms with Gasteiger partial charge in [0, 0.05) is 20.6 Å². The molecule has 1 atom stereocenters. The van der Waals surface area contributed by atoms with E-state index in [0.29, 0.717) is 18.3 Å². The Labute approximate surface area is 119 Å². The number of aromatic nitrogens is 3. The smallest absolute Gasteiger partial charge is 0.229 e. The van der Waals surface area contributed by atoms with Crippen molar-refractivity contribution in [2.75, 3.05) is 37.8 Å². The molecule has 0 aromatic carbocycles. The van der Waals surface area contributed by atoms with E-state index in [1.807, 2.05) is 25.9 Å². The van der Waals surface area contributed by atoms with E-state index in [1.54, 1.807) is 0 Å². The van der Waals surface area contributed by atoms with Crippen LogP contribution in [-0.2, 0) is 6.54 Å². The van der Waals surface area contributed by atoms with Crippen molar-refractivity contribution in [1.82, 2.24) is 19.9 Å². The molecule has 0 amide bonds. The molecule has 7 heteroatoms. The molecule has 1 unspecified atom stereocenters. The van der Waals surface area contributed by atoms with Crippen LogP contribution >= 0.6 is 0 Å². The van der Waals surface area contributed by atoms with Crippen molar-refractivity contribution in [2.24, 2.45) is 0 Å². The van der Waals surface area contributed by atoms with Gasteiger partial charge in [0.15, 0.2) is 0 Å². The lowest BCUT2D eigenvalue weighted by Crippen LogP contribution is -2.29. The summed E-state index contributed by atoms with van der Waals surface area (Å²) in [6.07, 6.45) is 2.59. The van der Waals surface area contributed by atoms with Gasteiger partial charge in [-0.2, -0.15) is 15.0 Å². The second-order valence-corrected chi connectivity index (χ2v) is 5.93. The molecular weight excluding hydrogens is 256 g/mol. The van der Waals surface area contributed by atoms with E-state index in [4.69, 9.17) is 5.73 Å². The van der Waals surface area contributed by atoms with Gasteiger partial charge in [-0.3, -0.25) is 4.90 Å². The average molecular weight is 280 g/mol. The summed E-state index contributed by atoms with van der Waals surface area (Å²) in [4.78, 5) is 16.8. The summed E-state index contributed by atoms with van der Waals surface area (Å²) in [7, 11) is 3.75. The molecule has 1 fully saturated rings. The Hall–Kier alpha value is -1.47. The van der Waals surface area contributed by atoms with E-state index >= 15 is 0 Å². The van der Waals surface area contributed by atoms with Crippen LogP contribution in [0.3, 0.4) is 0 Å². The highest BCUT2D eigenvalue weighted by Crippen LogP contribution is 2.22. The van der Waals surface area contributed by atoms with Crippen molar-refractivity contribution in [3.8, 4) is 0 Å². The predicted molar refractivity (Wildman–Crippen MR) is 78.3 cm³/mol. The lowest BCUT2D eigenvalue weighted by molar-refractivity contribution is 0.0443. The first-order valence-corrected chi connectivity index (χ1v) is 6.98. The molecule has 0 aliphatic carbocycles. The maximum Gasteiger partial charge on any atom is 0.229 e. The second-order valence-electron chi connectivity index (χ2n) is 5.93. The number of nitrogen functional groups attached to an aromatic ring is 1. The van der Waals surface area contributed by atoms with E-state index in [9.17, 15) is 5.11 Å². The Morgan fingerprint density at radius 2 is 2.00 bits per heavy atom. The van der Waals surface area contributed by atoms with Crippen LogP contribution in [0.2, 0.25) is 0 Å². The number of hydrogen-bond donors (Lipinski definition) is 2. The number of nitrogens with zero attached hydrogens (tertiary/aromatic N) is 5. The molecule has 7 nitrogen and oxygen atoms in total. The summed E-state index contributed by atoms with van der Waals surface area (Å²) < 4.78 is 0. The van der Waals surface area contributed by atoms with E-state index in [1.165, 1.54) is 0 Å². The van der Waals surface area contributed by atoms with E-state index in [-0.39, 0.29) is 5.95 Å². The highest BCUT2D eigenvalue weighted by molar-refractivity contribution is 5.32. The fraction of sp³-hybridized carbons (Fsp3) is 0.769. The van der Waals surface area contributed by atoms with Crippen LogP contribution in [0, 0.1) is 0 Å². The Kier molecular flexibility index (Phi) is 4.39. The van der Waals surface area contributed by atoms with Gasteiger partial charge in [0.05, 0.1) is 12.1 Å². The molecule has 1 aliphatic rings. The largest absolute Gasteiger partial charge is 0.390 e. The number of rotatable bonds is 3. The molecule has 20 heavy (non-hydrogen) atoms. The Morgan fingerprint density at radius 3 is 2.70 bits per heavy atom. The maximum atomic E-state index is 10.1. The molecule has 0 bridgehead atoms. The minimum atomic E-state index is -0.554. The molecule has 3 N–H and O–H groups in total. The van der Waals surface area contributed by atoms with Gasteiger partial charge in [-0.15, -0.1) is 0 Å². The van der Waals surface area contributed by atoms with Crippen molar-refractivity contribution in [3.05, 3.63) is 5.82 Å². The van der Waals surface area contributed by atoms with E-state index in [2.05, 4.69) is 19.9 Å². The summed E-state index contributed by atoms with van der Waals surface area (Å²) in [5.41, 5.74) is 5.17. The van der Waals surface area contributed by atoms with Crippen LogP contribution in [0.15, 0.2) is 0 Å². The Balaban J connectivity index is 2.06.